The van der Waals surface area contributed by atoms with Crippen LogP contribution in [-0.2, 0) is 27.1 Å². The fourth-order valence-corrected chi connectivity index (χ4v) is 3.79. The lowest BCUT2D eigenvalue weighted by molar-refractivity contribution is -0.152. The fraction of sp³-hybridized carbons (Fsp3) is 0.722. The second-order valence-electron chi connectivity index (χ2n) is 6.93. The van der Waals surface area contributed by atoms with Gasteiger partial charge in [-0.1, -0.05) is 6.42 Å². The van der Waals surface area contributed by atoms with Gasteiger partial charge in [0.2, 0.25) is 5.91 Å². The minimum atomic E-state index is -0.295. The molecular weight excluding hydrogens is 320 g/mol. The van der Waals surface area contributed by atoms with Gasteiger partial charge in [0.1, 0.15) is 12.1 Å². The van der Waals surface area contributed by atoms with Gasteiger partial charge in [0.25, 0.3) is 0 Å². The van der Waals surface area contributed by atoms with Gasteiger partial charge >= 0.3 is 0 Å². The van der Waals surface area contributed by atoms with E-state index in [4.69, 9.17) is 9.47 Å². The van der Waals surface area contributed by atoms with Crippen LogP contribution in [0.4, 0.5) is 5.82 Å². The highest BCUT2D eigenvalue weighted by molar-refractivity contribution is 5.84. The second kappa shape index (κ2) is 8.10. The first-order valence-corrected chi connectivity index (χ1v) is 9.04. The first kappa shape index (κ1) is 18.1. The lowest BCUT2D eigenvalue weighted by atomic mass is 9.68. The molecule has 0 aromatic carbocycles. The predicted octanol–water partition coefficient (Wildman–Crippen LogP) is 1.28. The van der Waals surface area contributed by atoms with E-state index in [1.54, 1.807) is 20.5 Å². The molecule has 1 amide bonds. The van der Waals surface area contributed by atoms with Crippen LogP contribution in [-0.4, -0.2) is 67.8 Å². The molecule has 1 saturated carbocycles. The molecule has 0 unspecified atom stereocenters. The van der Waals surface area contributed by atoms with Gasteiger partial charge in [0.05, 0.1) is 24.3 Å². The normalized spacial score (nSPS) is 18.9. The molecule has 138 valence electrons. The van der Waals surface area contributed by atoms with Gasteiger partial charge in [0.15, 0.2) is 0 Å². The van der Waals surface area contributed by atoms with Crippen LogP contribution in [0.2, 0.25) is 0 Å². The maximum absolute atomic E-state index is 13.1. The standard InChI is InChI=1S/C18H28N4O3/c1-24-11-8-19-16-14-4-9-22(10-5-15(14)20-13-21-16)17(23)18(12-25-2)6-3-7-18/h13H,3-12H2,1-2H3,(H,19,20,21). The number of hydrogen-bond donors (Lipinski definition) is 1. The summed E-state index contributed by atoms with van der Waals surface area (Å²) in [5.74, 6) is 1.11. The van der Waals surface area contributed by atoms with Crippen molar-refractivity contribution in [3.63, 3.8) is 0 Å². The van der Waals surface area contributed by atoms with Crippen molar-refractivity contribution in [2.24, 2.45) is 5.41 Å². The number of carbonyl (C=O) groups excluding carboxylic acids is 1. The highest BCUT2D eigenvalue weighted by Gasteiger charge is 2.46. The van der Waals surface area contributed by atoms with Crippen LogP contribution in [0.3, 0.4) is 0 Å². The van der Waals surface area contributed by atoms with Crippen molar-refractivity contribution in [3.8, 4) is 0 Å². The van der Waals surface area contributed by atoms with Gasteiger partial charge in [-0.05, 0) is 19.3 Å². The third-order valence-corrected chi connectivity index (χ3v) is 5.36. The van der Waals surface area contributed by atoms with Crippen molar-refractivity contribution in [2.45, 2.75) is 32.1 Å². The number of nitrogens with zero attached hydrogens (tertiary/aromatic N) is 3. The minimum absolute atomic E-state index is 0.246. The SMILES string of the molecule is COCCNc1ncnc2c1CCN(C(=O)C1(COC)CCC1)CC2. The van der Waals surface area contributed by atoms with Gasteiger partial charge in [-0.2, -0.15) is 0 Å². The Morgan fingerprint density at radius 3 is 2.72 bits per heavy atom. The molecule has 1 N–H and O–H groups in total. The monoisotopic (exact) mass is 348 g/mol. The molecule has 1 aromatic heterocycles. The van der Waals surface area contributed by atoms with Crippen molar-refractivity contribution >= 4 is 11.7 Å². The van der Waals surface area contributed by atoms with Gasteiger partial charge in [-0.25, -0.2) is 9.97 Å². The molecule has 2 heterocycles. The van der Waals surface area contributed by atoms with Crippen molar-refractivity contribution in [1.82, 2.24) is 14.9 Å². The van der Waals surface area contributed by atoms with Crippen LogP contribution < -0.4 is 5.32 Å². The molecule has 3 rings (SSSR count). The van der Waals surface area contributed by atoms with Crippen LogP contribution in [0.5, 0.6) is 0 Å². The van der Waals surface area contributed by atoms with Crippen molar-refractivity contribution in [3.05, 3.63) is 17.6 Å². The fourth-order valence-electron chi connectivity index (χ4n) is 3.79. The Bertz CT molecular complexity index is 604. The molecule has 1 aromatic rings. The summed E-state index contributed by atoms with van der Waals surface area (Å²) in [4.78, 5) is 23.9. The molecule has 0 atom stereocenters. The first-order chi connectivity index (χ1) is 12.2. The smallest absolute Gasteiger partial charge is 0.231 e. The number of amides is 1. The van der Waals surface area contributed by atoms with Crippen molar-refractivity contribution < 1.29 is 14.3 Å². The highest BCUT2D eigenvalue weighted by Crippen LogP contribution is 2.43. The topological polar surface area (TPSA) is 76.6 Å². The summed E-state index contributed by atoms with van der Waals surface area (Å²) in [5.41, 5.74) is 1.87. The van der Waals surface area contributed by atoms with Crippen molar-refractivity contribution in [2.75, 3.05) is 52.4 Å². The average Bonchev–Trinajstić information content (AvgIpc) is 2.81. The van der Waals surface area contributed by atoms with E-state index in [1.165, 1.54) is 0 Å². The molecule has 1 fully saturated rings. The van der Waals surface area contributed by atoms with Gasteiger partial charge in [-0.3, -0.25) is 4.79 Å². The number of hydrogen-bond acceptors (Lipinski definition) is 6. The Balaban J connectivity index is 1.69. The molecule has 2 aliphatic rings. The van der Waals surface area contributed by atoms with E-state index in [-0.39, 0.29) is 11.3 Å². The average molecular weight is 348 g/mol. The number of carbonyl (C=O) groups is 1. The van der Waals surface area contributed by atoms with E-state index >= 15 is 0 Å². The Morgan fingerprint density at radius 2 is 2.04 bits per heavy atom. The van der Waals surface area contributed by atoms with E-state index in [2.05, 4.69) is 15.3 Å². The van der Waals surface area contributed by atoms with Gasteiger partial charge < -0.3 is 19.7 Å². The van der Waals surface area contributed by atoms with E-state index in [1.807, 2.05) is 4.90 Å². The molecule has 7 nitrogen and oxygen atoms in total. The zero-order valence-electron chi connectivity index (χ0n) is 15.2. The first-order valence-electron chi connectivity index (χ1n) is 9.04. The van der Waals surface area contributed by atoms with Crippen LogP contribution in [0, 0.1) is 5.41 Å². The molecule has 7 heteroatoms. The lowest BCUT2D eigenvalue weighted by Crippen LogP contribution is -2.51. The molecule has 0 spiro atoms. The van der Waals surface area contributed by atoms with E-state index in [0.717, 1.165) is 49.2 Å². The maximum Gasteiger partial charge on any atom is 0.231 e. The molecule has 1 aliphatic carbocycles. The van der Waals surface area contributed by atoms with Gasteiger partial charge in [-0.15, -0.1) is 0 Å². The van der Waals surface area contributed by atoms with Gasteiger partial charge in [0, 0.05) is 45.8 Å². The van der Waals surface area contributed by atoms with Crippen LogP contribution in [0.15, 0.2) is 6.33 Å². The summed E-state index contributed by atoms with van der Waals surface area (Å²) in [6, 6.07) is 0. The molecular formula is C18H28N4O3. The Hall–Kier alpha value is -1.73. The lowest BCUT2D eigenvalue weighted by Gasteiger charge is -2.42. The zero-order chi connectivity index (χ0) is 17.7. The van der Waals surface area contributed by atoms with Crippen LogP contribution >= 0.6 is 0 Å². The summed E-state index contributed by atoms with van der Waals surface area (Å²) < 4.78 is 10.4. The Morgan fingerprint density at radius 1 is 1.24 bits per heavy atom. The Kier molecular flexibility index (Phi) is 5.86. The van der Waals surface area contributed by atoms with Crippen LogP contribution in [0.25, 0.3) is 0 Å². The zero-order valence-corrected chi connectivity index (χ0v) is 15.2. The largest absolute Gasteiger partial charge is 0.384 e. The minimum Gasteiger partial charge on any atom is -0.384 e. The summed E-state index contributed by atoms with van der Waals surface area (Å²) in [5, 5.41) is 3.32. The third-order valence-electron chi connectivity index (χ3n) is 5.36. The summed E-state index contributed by atoms with van der Waals surface area (Å²) >= 11 is 0. The number of methoxy groups -OCH3 is 2. The summed E-state index contributed by atoms with van der Waals surface area (Å²) in [7, 11) is 3.36. The van der Waals surface area contributed by atoms with Crippen molar-refractivity contribution in [1.29, 1.82) is 0 Å². The predicted molar refractivity (Wildman–Crippen MR) is 94.5 cm³/mol. The molecule has 25 heavy (non-hydrogen) atoms. The molecule has 0 radical (unpaired) electrons. The second-order valence-corrected chi connectivity index (χ2v) is 6.93. The quantitative estimate of drug-likeness (QED) is 0.748. The molecule has 0 saturated heterocycles. The Labute approximate surface area is 149 Å². The van der Waals surface area contributed by atoms with E-state index in [9.17, 15) is 4.79 Å². The molecule has 0 bridgehead atoms. The third kappa shape index (κ3) is 3.77. The number of rotatable bonds is 7. The van der Waals surface area contributed by atoms with Crippen LogP contribution in [0.1, 0.15) is 30.5 Å². The van der Waals surface area contributed by atoms with E-state index < -0.39 is 0 Å². The summed E-state index contributed by atoms with van der Waals surface area (Å²) in [6.07, 6.45) is 6.14. The molecule has 1 aliphatic heterocycles. The number of anilines is 1. The number of fused-ring (bicyclic) bond motifs is 1. The number of aromatic nitrogens is 2. The highest BCUT2D eigenvalue weighted by atomic mass is 16.5. The number of nitrogens with one attached hydrogen (secondary N) is 1. The number of ether oxygens (including phenoxy) is 2. The summed E-state index contributed by atoms with van der Waals surface area (Å²) in [6.45, 7) is 3.29. The van der Waals surface area contributed by atoms with E-state index in [0.29, 0.717) is 32.8 Å². The maximum atomic E-state index is 13.1.